The van der Waals surface area contributed by atoms with Crippen LogP contribution in [-0.2, 0) is 40.8 Å². The van der Waals surface area contributed by atoms with Crippen LogP contribution in [0.3, 0.4) is 0 Å². The van der Waals surface area contributed by atoms with E-state index in [0.717, 1.165) is 23.0 Å². The molecule has 0 saturated heterocycles. The predicted octanol–water partition coefficient (Wildman–Crippen LogP) is 6.84. The Morgan fingerprint density at radius 3 is 2.41 bits per heavy atom. The van der Waals surface area contributed by atoms with Crippen LogP contribution in [0.2, 0.25) is 5.02 Å². The lowest BCUT2D eigenvalue weighted by Gasteiger charge is -2.34. The highest BCUT2D eigenvalue weighted by molar-refractivity contribution is 7.92. The van der Waals surface area contributed by atoms with E-state index in [-0.39, 0.29) is 68.5 Å². The third kappa shape index (κ3) is 7.71. The van der Waals surface area contributed by atoms with Gasteiger partial charge >= 0.3 is 0 Å². The van der Waals surface area contributed by atoms with Crippen molar-refractivity contribution in [1.29, 1.82) is 0 Å². The average Bonchev–Trinajstić information content (AvgIpc) is 3.71. The fourth-order valence-electron chi connectivity index (χ4n) is 8.63. The average molecular weight is 926 g/mol. The third-order valence-electron chi connectivity index (χ3n) is 11.3. The number of aryl methyl sites for hydroxylation is 1. The van der Waals surface area contributed by atoms with Crippen molar-refractivity contribution in [3.8, 4) is 11.6 Å². The zero-order valence-corrected chi connectivity index (χ0v) is 34.2. The van der Waals surface area contributed by atoms with E-state index in [1.807, 2.05) is 0 Å². The van der Waals surface area contributed by atoms with E-state index in [4.69, 9.17) is 16.3 Å². The lowest BCUT2D eigenvalue weighted by atomic mass is 9.82. The molecular weight excluding hydrogens is 894 g/mol. The normalized spacial score (nSPS) is 19.2. The molecule has 4 heterocycles. The Balaban J connectivity index is 1.21. The number of hydrogen-bond donors (Lipinski definition) is 2. The zero-order valence-electron chi connectivity index (χ0n) is 32.7. The molecule has 0 spiro atoms. The van der Waals surface area contributed by atoms with Gasteiger partial charge in [-0.25, -0.2) is 39.7 Å². The number of nitrogens with zero attached hydrogens (tertiary/aromatic N) is 7. The van der Waals surface area contributed by atoms with Crippen molar-refractivity contribution in [3.63, 3.8) is 0 Å². The van der Waals surface area contributed by atoms with Gasteiger partial charge in [-0.3, -0.25) is 28.2 Å². The molecule has 0 radical (unpaired) electrons. The molecule has 332 valence electrons. The first-order chi connectivity index (χ1) is 29.6. The Bertz CT molecular complexity index is 3040. The highest BCUT2D eigenvalue weighted by atomic mass is 35.5. The van der Waals surface area contributed by atoms with E-state index in [1.54, 1.807) is 0 Å². The van der Waals surface area contributed by atoms with Crippen LogP contribution < -0.4 is 20.3 Å². The summed E-state index contributed by atoms with van der Waals surface area (Å²) in [5, 5.41) is 10.4. The molecule has 2 aromatic carbocycles. The van der Waals surface area contributed by atoms with Gasteiger partial charge in [0, 0.05) is 55.8 Å². The molecule has 1 amide bonds. The van der Waals surface area contributed by atoms with Gasteiger partial charge in [-0.2, -0.15) is 24.0 Å². The molecule has 3 aliphatic rings. The van der Waals surface area contributed by atoms with Crippen molar-refractivity contribution >= 4 is 55.3 Å². The number of nitrogens with one attached hydrogen (secondary N) is 2. The van der Waals surface area contributed by atoms with Crippen LogP contribution >= 0.6 is 11.6 Å². The van der Waals surface area contributed by atoms with Crippen molar-refractivity contribution < 1.29 is 53.1 Å². The van der Waals surface area contributed by atoms with Gasteiger partial charge in [0.2, 0.25) is 27.7 Å². The number of anilines is 1. The molecule has 0 bridgehead atoms. The van der Waals surface area contributed by atoms with Crippen LogP contribution in [0, 0.1) is 23.5 Å². The maximum absolute atomic E-state index is 15.5. The SMILES string of the molecule is Cn1nc(NS(C)(=O)=O)c2c(Cl)ccc(-n3c([C@H](Cc4cc(F)cc(F)c4)NC(=O)Cn4nc(C(F)F)c5c4C(F)(F)[C@@H]4C[C@H]54)nc4nc(OCC5CC(F)(F)C5)ccc4c3=O)c21. The van der Waals surface area contributed by atoms with Crippen LogP contribution in [0.5, 0.6) is 5.88 Å². The van der Waals surface area contributed by atoms with Gasteiger partial charge in [-0.1, -0.05) is 11.6 Å². The number of alkyl halides is 6. The summed E-state index contributed by atoms with van der Waals surface area (Å²) in [4.78, 5) is 37.9. The van der Waals surface area contributed by atoms with E-state index in [0.29, 0.717) is 10.7 Å². The van der Waals surface area contributed by atoms with Crippen LogP contribution in [0.4, 0.5) is 40.9 Å². The largest absolute Gasteiger partial charge is 0.477 e. The molecule has 0 aliphatic heterocycles. The molecule has 9 rings (SSSR count). The fraction of sp³-hybridized carbons (Fsp3) is 0.385. The van der Waals surface area contributed by atoms with Crippen LogP contribution in [-0.4, -0.2) is 67.2 Å². The number of hydrogen-bond acceptors (Lipinski definition) is 9. The lowest BCUT2D eigenvalue weighted by molar-refractivity contribution is -0.123. The summed E-state index contributed by atoms with van der Waals surface area (Å²) in [6.45, 7) is -1.19. The summed E-state index contributed by atoms with van der Waals surface area (Å²) in [7, 11) is -2.54. The Hall–Kier alpha value is -5.84. The second-order valence-electron chi connectivity index (χ2n) is 16.0. The van der Waals surface area contributed by atoms with Gasteiger partial charge < -0.3 is 10.1 Å². The number of rotatable bonds is 13. The minimum Gasteiger partial charge on any atom is -0.477 e. The van der Waals surface area contributed by atoms with Crippen LogP contribution in [0.25, 0.3) is 27.6 Å². The highest BCUT2D eigenvalue weighted by Gasteiger charge is 2.67. The standard InChI is InChI=1S/C39H32ClF8N9O5S/c1-55-31-25(5-4-23(40)29(31)35(53-55)54-63(2,60)61)57-36(51-34-20(37(57)59)3-6-27(50-34)62-15-17-12-38(45,46)13-17)24(9-16-7-18(41)10-19(42)8-16)49-26(58)14-56-32-28(30(52-56)33(43)44)21-11-22(21)39(32,47)48/h3-8,10,17,21-22,24,33H,9,11-15H2,1-2H3,(H,49,58)(H,53,54)/t21-,22+,24-/m0/s1. The van der Waals surface area contributed by atoms with E-state index < -0.39 is 118 Å². The Morgan fingerprint density at radius 1 is 1.03 bits per heavy atom. The van der Waals surface area contributed by atoms with Crippen molar-refractivity contribution in [2.45, 2.75) is 62.5 Å². The van der Waals surface area contributed by atoms with E-state index in [9.17, 15) is 44.3 Å². The van der Waals surface area contributed by atoms with Crippen molar-refractivity contribution in [3.05, 3.63) is 97.8 Å². The fourth-order valence-corrected chi connectivity index (χ4v) is 9.37. The number of carbonyl (C=O) groups excluding carboxylic acids is 1. The molecule has 14 nitrogen and oxygen atoms in total. The minimum atomic E-state index is -3.95. The molecule has 3 aliphatic carbocycles. The number of sulfonamides is 1. The number of pyridine rings is 1. The van der Waals surface area contributed by atoms with Crippen molar-refractivity contribution in [2.75, 3.05) is 17.6 Å². The molecule has 2 saturated carbocycles. The topological polar surface area (TPSA) is 168 Å². The smallest absolute Gasteiger partial charge is 0.293 e. The molecule has 6 aromatic rings. The maximum atomic E-state index is 15.5. The Morgan fingerprint density at radius 2 is 1.75 bits per heavy atom. The number of halogens is 9. The van der Waals surface area contributed by atoms with Gasteiger partial charge in [-0.05, 0) is 48.2 Å². The van der Waals surface area contributed by atoms with Crippen molar-refractivity contribution in [2.24, 2.45) is 18.9 Å². The zero-order chi connectivity index (χ0) is 45.1. The Labute approximate surface area is 355 Å². The summed E-state index contributed by atoms with van der Waals surface area (Å²) < 4.78 is 151. The monoisotopic (exact) mass is 925 g/mol. The number of carbonyl (C=O) groups is 1. The molecule has 24 heteroatoms. The van der Waals surface area contributed by atoms with Gasteiger partial charge in [-0.15, -0.1) is 0 Å². The quantitative estimate of drug-likeness (QED) is 0.118. The third-order valence-corrected chi connectivity index (χ3v) is 12.2. The molecule has 3 atom stereocenters. The van der Waals surface area contributed by atoms with E-state index in [2.05, 4.69) is 30.2 Å². The van der Waals surface area contributed by atoms with Crippen molar-refractivity contribution in [1.82, 2.24) is 39.4 Å². The second-order valence-corrected chi connectivity index (χ2v) is 18.1. The molecule has 0 unspecified atom stereocenters. The number of benzene rings is 2. The minimum absolute atomic E-state index is 0.0117. The summed E-state index contributed by atoms with van der Waals surface area (Å²) in [6.07, 6.45) is -3.78. The van der Waals surface area contributed by atoms with Crippen LogP contribution in [0.1, 0.15) is 66.0 Å². The van der Waals surface area contributed by atoms with Gasteiger partial charge in [0.15, 0.2) is 11.5 Å². The molecule has 4 aromatic heterocycles. The van der Waals surface area contributed by atoms with E-state index in [1.165, 1.54) is 36.0 Å². The first-order valence-electron chi connectivity index (χ1n) is 19.2. The molecular formula is C39H32ClF8N9O5S. The summed E-state index contributed by atoms with van der Waals surface area (Å²) >= 11 is 6.58. The second kappa shape index (κ2) is 14.9. The maximum Gasteiger partial charge on any atom is 0.293 e. The van der Waals surface area contributed by atoms with Gasteiger partial charge in [0.1, 0.15) is 35.4 Å². The van der Waals surface area contributed by atoms with Gasteiger partial charge in [0.25, 0.3) is 17.9 Å². The summed E-state index contributed by atoms with van der Waals surface area (Å²) in [5.74, 6) is -13.0. The number of aromatic nitrogens is 7. The van der Waals surface area contributed by atoms with E-state index >= 15 is 8.78 Å². The van der Waals surface area contributed by atoms with Gasteiger partial charge in [0.05, 0.1) is 45.9 Å². The molecule has 2 fully saturated rings. The first kappa shape index (κ1) is 42.5. The van der Waals surface area contributed by atoms with Crippen LogP contribution in [0.15, 0.2) is 47.3 Å². The summed E-state index contributed by atoms with van der Waals surface area (Å²) in [6, 6.07) is 6.05. The lowest BCUT2D eigenvalue weighted by Crippen LogP contribution is -2.38. The number of amides is 1. The predicted molar refractivity (Wildman–Crippen MR) is 209 cm³/mol. The number of fused-ring (bicyclic) bond motifs is 5. The molecule has 63 heavy (non-hydrogen) atoms. The highest BCUT2D eigenvalue weighted by Crippen LogP contribution is 2.68. The number of ether oxygens (including phenoxy) is 1. The first-order valence-corrected chi connectivity index (χ1v) is 21.4. The summed E-state index contributed by atoms with van der Waals surface area (Å²) in [5.41, 5.74) is -3.38. The molecule has 2 N–H and O–H groups in total. The Kier molecular flexibility index (Phi) is 10.0.